The molecule has 0 aliphatic heterocycles. The minimum atomic E-state index is 0.686. The highest BCUT2D eigenvalue weighted by Gasteiger charge is 2.24. The van der Waals surface area contributed by atoms with Crippen LogP contribution in [0.1, 0.15) is 0 Å². The molecule has 0 amide bonds. The number of ether oxygens (including phenoxy) is 2. The lowest BCUT2D eigenvalue weighted by atomic mass is 10.2. The maximum atomic E-state index is 6.66. The Hall–Kier alpha value is -9.02. The second kappa shape index (κ2) is 15.5. The van der Waals surface area contributed by atoms with Crippen molar-refractivity contribution in [3.05, 3.63) is 219 Å². The van der Waals surface area contributed by atoms with E-state index in [0.717, 1.165) is 78.6 Å². The number of fused-ring (bicyclic) bond motifs is 5. The van der Waals surface area contributed by atoms with Gasteiger partial charge in [0.2, 0.25) is 0 Å². The summed E-state index contributed by atoms with van der Waals surface area (Å²) in [4.78, 5) is 19.2. The first-order chi connectivity index (χ1) is 31.7. The minimum absolute atomic E-state index is 0.686. The number of benzene rings is 6. The number of aromatic nitrogens is 8. The molecule has 6 aromatic carbocycles. The van der Waals surface area contributed by atoms with Crippen molar-refractivity contribution >= 4 is 32.8 Å². The van der Waals surface area contributed by atoms with E-state index in [0.29, 0.717) is 23.0 Å². The topological polar surface area (TPSA) is 89.7 Å². The van der Waals surface area contributed by atoms with Crippen molar-refractivity contribution in [1.82, 2.24) is 38.2 Å². The van der Waals surface area contributed by atoms with Gasteiger partial charge in [-0.25, -0.2) is 19.9 Å². The summed E-state index contributed by atoms with van der Waals surface area (Å²) in [6, 6.07) is 60.9. The first-order valence-corrected chi connectivity index (χ1v) is 20.9. The summed E-state index contributed by atoms with van der Waals surface area (Å²) in [6.07, 6.45) is 11.2. The van der Waals surface area contributed by atoms with Gasteiger partial charge in [0.15, 0.2) is 0 Å². The van der Waals surface area contributed by atoms with Gasteiger partial charge in [0.1, 0.15) is 46.3 Å². The molecule has 0 fully saturated rings. The maximum absolute atomic E-state index is 6.66. The second-order valence-corrected chi connectivity index (χ2v) is 15.3. The van der Waals surface area contributed by atoms with Gasteiger partial charge < -0.3 is 9.47 Å². The van der Waals surface area contributed by atoms with Gasteiger partial charge in [0, 0.05) is 82.6 Å². The Kier molecular flexibility index (Phi) is 8.89. The van der Waals surface area contributed by atoms with Crippen molar-refractivity contribution in [2.75, 3.05) is 0 Å². The Bertz CT molecular complexity index is 3370. The fourth-order valence-electron chi connectivity index (χ4n) is 8.61. The summed E-state index contributed by atoms with van der Waals surface area (Å²) in [6.45, 7) is 0. The molecule has 0 saturated heterocycles. The van der Waals surface area contributed by atoms with E-state index in [-0.39, 0.29) is 0 Å². The molecule has 0 saturated carbocycles. The van der Waals surface area contributed by atoms with E-state index in [4.69, 9.17) is 29.4 Å². The van der Waals surface area contributed by atoms with Crippen molar-refractivity contribution in [2.45, 2.75) is 0 Å². The van der Waals surface area contributed by atoms with Crippen molar-refractivity contribution < 1.29 is 9.47 Å². The maximum Gasteiger partial charge on any atom is 0.144 e. The van der Waals surface area contributed by atoms with Gasteiger partial charge in [-0.3, -0.25) is 18.3 Å². The zero-order valence-electron chi connectivity index (χ0n) is 34.2. The van der Waals surface area contributed by atoms with E-state index in [1.165, 1.54) is 0 Å². The van der Waals surface area contributed by atoms with Crippen LogP contribution in [0.15, 0.2) is 219 Å². The first kappa shape index (κ1) is 36.8. The molecule has 6 aromatic heterocycles. The number of hydrogen-bond acceptors (Lipinski definition) is 6. The average Bonchev–Trinajstić information content (AvgIpc) is 4.17. The van der Waals surface area contributed by atoms with Crippen molar-refractivity contribution in [1.29, 1.82) is 0 Å². The fraction of sp³-hybridized carbons (Fsp3) is 0. The molecule has 10 nitrogen and oxygen atoms in total. The van der Waals surface area contributed by atoms with E-state index in [1.54, 1.807) is 0 Å². The number of hydrogen-bond donors (Lipinski definition) is 0. The number of rotatable bonds is 10. The van der Waals surface area contributed by atoms with Crippen molar-refractivity contribution in [3.8, 4) is 68.8 Å². The second-order valence-electron chi connectivity index (χ2n) is 15.3. The molecule has 0 unspecified atom stereocenters. The van der Waals surface area contributed by atoms with E-state index >= 15 is 0 Å². The van der Waals surface area contributed by atoms with Crippen molar-refractivity contribution in [2.24, 2.45) is 0 Å². The Labute approximate surface area is 367 Å². The SMILES string of the molecule is c1ccc(-n2ccnc2-c2cccc(Oc3ccc4c(c3)n(-c3ccccn3)c3c5ccc(Oc6cccc(-c7nccn7-c7ccccc7)c6)cc5n(-c5ccccn5)c43)c2)cc1. The third-order valence-corrected chi connectivity index (χ3v) is 11.4. The molecule has 0 aliphatic rings. The molecule has 6 heterocycles. The molecular formula is C54H36N8O2. The zero-order valence-corrected chi connectivity index (χ0v) is 34.2. The van der Waals surface area contributed by atoms with Crippen LogP contribution < -0.4 is 9.47 Å². The number of pyridine rings is 2. The molecule has 0 radical (unpaired) electrons. The Balaban J connectivity index is 0.966. The molecule has 0 aliphatic carbocycles. The van der Waals surface area contributed by atoms with Gasteiger partial charge >= 0.3 is 0 Å². The normalized spacial score (nSPS) is 11.4. The minimum Gasteiger partial charge on any atom is -0.457 e. The van der Waals surface area contributed by atoms with Crippen LogP contribution in [0, 0.1) is 0 Å². The summed E-state index contributed by atoms with van der Waals surface area (Å²) >= 11 is 0. The smallest absolute Gasteiger partial charge is 0.144 e. The standard InChI is InChI=1S/C54H36N8O2/c1-3-15-39(16-4-1)59-31-29-57-53(59)37-13-11-19-41(33-37)63-43-23-25-45-47(35-43)61(49-21-7-9-27-55-49)52-46-26-24-44(36-48(46)62(51(45)52)50-22-8-10-28-56-50)64-42-20-12-14-38(34-42)54-58-30-32-60(54)40-17-5-2-6-18-40/h1-36H. The summed E-state index contributed by atoms with van der Waals surface area (Å²) in [7, 11) is 0. The van der Waals surface area contributed by atoms with Gasteiger partial charge in [-0.05, 0) is 97.1 Å². The molecular weight excluding hydrogens is 793 g/mol. The predicted molar refractivity (Wildman–Crippen MR) is 251 cm³/mol. The Morgan fingerprint density at radius 3 is 1.22 bits per heavy atom. The van der Waals surface area contributed by atoms with Gasteiger partial charge in [0.25, 0.3) is 0 Å². The zero-order chi connectivity index (χ0) is 42.4. The van der Waals surface area contributed by atoms with Crippen LogP contribution in [0.4, 0.5) is 0 Å². The van der Waals surface area contributed by atoms with Crippen LogP contribution in [0.5, 0.6) is 23.0 Å². The largest absolute Gasteiger partial charge is 0.457 e. The average molecular weight is 829 g/mol. The van der Waals surface area contributed by atoms with Crippen LogP contribution >= 0.6 is 0 Å². The molecule has 0 spiro atoms. The van der Waals surface area contributed by atoms with Gasteiger partial charge in [-0.1, -0.05) is 72.8 Å². The van der Waals surface area contributed by atoms with Gasteiger partial charge in [-0.2, -0.15) is 0 Å². The highest BCUT2D eigenvalue weighted by Crippen LogP contribution is 2.43. The van der Waals surface area contributed by atoms with Crippen LogP contribution in [0.25, 0.3) is 78.6 Å². The van der Waals surface area contributed by atoms with Crippen molar-refractivity contribution in [3.63, 3.8) is 0 Å². The van der Waals surface area contributed by atoms with E-state index < -0.39 is 0 Å². The number of nitrogens with zero attached hydrogens (tertiary/aromatic N) is 8. The van der Waals surface area contributed by atoms with E-state index in [9.17, 15) is 0 Å². The van der Waals surface area contributed by atoms with Crippen LogP contribution in [0.3, 0.4) is 0 Å². The highest BCUT2D eigenvalue weighted by atomic mass is 16.5. The predicted octanol–water partition coefficient (Wildman–Crippen LogP) is 12.8. The number of para-hydroxylation sites is 2. The third-order valence-electron chi connectivity index (χ3n) is 11.4. The summed E-state index contributed by atoms with van der Waals surface area (Å²) < 4.78 is 21.9. The Morgan fingerprint density at radius 2 is 0.781 bits per heavy atom. The lowest BCUT2D eigenvalue weighted by Gasteiger charge is -2.12. The molecule has 12 aromatic rings. The third kappa shape index (κ3) is 6.45. The quantitative estimate of drug-likeness (QED) is 0.136. The lowest BCUT2D eigenvalue weighted by Crippen LogP contribution is -1.98. The molecule has 0 atom stereocenters. The molecule has 0 N–H and O–H groups in total. The lowest BCUT2D eigenvalue weighted by molar-refractivity contribution is 0.483. The van der Waals surface area contributed by atoms with Crippen LogP contribution in [-0.4, -0.2) is 38.2 Å². The van der Waals surface area contributed by atoms with Crippen LogP contribution in [-0.2, 0) is 0 Å². The highest BCUT2D eigenvalue weighted by molar-refractivity contribution is 6.20. The number of imidazole rings is 2. The molecule has 64 heavy (non-hydrogen) atoms. The summed E-state index contributed by atoms with van der Waals surface area (Å²) in [5.41, 5.74) is 7.81. The van der Waals surface area contributed by atoms with E-state index in [2.05, 4.69) is 78.9 Å². The fourth-order valence-corrected chi connectivity index (χ4v) is 8.61. The molecule has 0 bridgehead atoms. The molecule has 10 heteroatoms. The molecule has 304 valence electrons. The Morgan fingerprint density at radius 1 is 0.344 bits per heavy atom. The summed E-state index contributed by atoms with van der Waals surface area (Å²) in [5, 5.41) is 2.02. The van der Waals surface area contributed by atoms with Gasteiger partial charge in [0.05, 0.1) is 22.1 Å². The summed E-state index contributed by atoms with van der Waals surface area (Å²) in [5.74, 6) is 5.98. The van der Waals surface area contributed by atoms with E-state index in [1.807, 2.05) is 159 Å². The monoisotopic (exact) mass is 828 g/mol. The molecule has 12 rings (SSSR count). The van der Waals surface area contributed by atoms with Crippen LogP contribution in [0.2, 0.25) is 0 Å². The first-order valence-electron chi connectivity index (χ1n) is 20.9. The van der Waals surface area contributed by atoms with Gasteiger partial charge in [-0.15, -0.1) is 0 Å².